The number of hydrogen-bond acceptors (Lipinski definition) is 3. The zero-order valence-corrected chi connectivity index (χ0v) is 16.0. The second-order valence-electron chi connectivity index (χ2n) is 6.60. The molecule has 0 spiro atoms. The lowest BCUT2D eigenvalue weighted by molar-refractivity contribution is -0.116. The minimum Gasteiger partial charge on any atom is -0.493 e. The number of ether oxygens (including phenoxy) is 1. The average Bonchev–Trinajstić information content (AvgIpc) is 2.61. The number of carbonyl (C=O) groups excluding carboxylic acids is 2. The predicted molar refractivity (Wildman–Crippen MR) is 108 cm³/mol. The molecule has 144 valence electrons. The zero-order chi connectivity index (χ0) is 19.6. The third-order valence-corrected chi connectivity index (χ3v) is 3.75. The fraction of sp³-hybridized carbons (Fsp3) is 0.333. The van der Waals surface area contributed by atoms with Crippen molar-refractivity contribution in [2.75, 3.05) is 17.2 Å². The van der Waals surface area contributed by atoms with Crippen LogP contribution >= 0.6 is 0 Å². The Hall–Kier alpha value is -3.02. The van der Waals surface area contributed by atoms with E-state index in [0.29, 0.717) is 30.8 Å². The molecule has 0 radical (unpaired) electrons. The number of amides is 3. The van der Waals surface area contributed by atoms with Crippen LogP contribution in [-0.2, 0) is 4.79 Å². The highest BCUT2D eigenvalue weighted by Gasteiger charge is 2.06. The van der Waals surface area contributed by atoms with Crippen LogP contribution in [-0.4, -0.2) is 24.6 Å². The highest BCUT2D eigenvalue weighted by Crippen LogP contribution is 2.17. The maximum Gasteiger partial charge on any atom is 0.319 e. The van der Waals surface area contributed by atoms with E-state index in [1.807, 2.05) is 45.0 Å². The van der Waals surface area contributed by atoms with Crippen LogP contribution in [0, 0.1) is 6.92 Å². The van der Waals surface area contributed by atoms with Crippen LogP contribution in [0.3, 0.4) is 0 Å². The maximum absolute atomic E-state index is 12.0. The summed E-state index contributed by atoms with van der Waals surface area (Å²) in [5, 5.41) is 8.33. The van der Waals surface area contributed by atoms with Crippen LogP contribution in [0.2, 0.25) is 0 Å². The molecule has 0 aliphatic rings. The van der Waals surface area contributed by atoms with Gasteiger partial charge in [-0.05, 0) is 63.1 Å². The van der Waals surface area contributed by atoms with Gasteiger partial charge in [0.25, 0.3) is 0 Å². The SMILES string of the molecule is Cc1ccccc1OCCCC(=O)Nc1ccc(NC(=O)NC(C)C)cc1. The Kier molecular flexibility index (Phi) is 7.67. The van der Waals surface area contributed by atoms with Gasteiger partial charge in [-0.15, -0.1) is 0 Å². The molecule has 0 aromatic heterocycles. The van der Waals surface area contributed by atoms with Gasteiger partial charge >= 0.3 is 6.03 Å². The minimum atomic E-state index is -0.254. The number of urea groups is 1. The number of carbonyl (C=O) groups is 2. The standard InChI is InChI=1S/C21H27N3O3/c1-15(2)22-21(26)24-18-12-10-17(11-13-18)23-20(25)9-6-14-27-19-8-5-4-7-16(19)3/h4-5,7-8,10-13,15H,6,9,14H2,1-3H3,(H,23,25)(H2,22,24,26). The fourth-order valence-corrected chi connectivity index (χ4v) is 2.42. The maximum atomic E-state index is 12.0. The van der Waals surface area contributed by atoms with Gasteiger partial charge in [0, 0.05) is 23.8 Å². The molecule has 0 bridgehead atoms. The van der Waals surface area contributed by atoms with E-state index in [9.17, 15) is 9.59 Å². The van der Waals surface area contributed by atoms with Crippen LogP contribution in [0.5, 0.6) is 5.75 Å². The van der Waals surface area contributed by atoms with Crippen LogP contribution in [0.4, 0.5) is 16.2 Å². The van der Waals surface area contributed by atoms with Crippen LogP contribution in [0.25, 0.3) is 0 Å². The highest BCUT2D eigenvalue weighted by atomic mass is 16.5. The summed E-state index contributed by atoms with van der Waals surface area (Å²) >= 11 is 0. The molecular formula is C21H27N3O3. The third-order valence-electron chi connectivity index (χ3n) is 3.75. The van der Waals surface area contributed by atoms with Crippen molar-refractivity contribution in [1.29, 1.82) is 0 Å². The summed E-state index contributed by atoms with van der Waals surface area (Å²) in [6.07, 6.45) is 1.01. The molecule has 6 nitrogen and oxygen atoms in total. The monoisotopic (exact) mass is 369 g/mol. The van der Waals surface area contributed by atoms with Crippen LogP contribution < -0.4 is 20.7 Å². The van der Waals surface area contributed by atoms with Gasteiger partial charge in [-0.25, -0.2) is 4.79 Å². The Morgan fingerprint density at radius 3 is 2.22 bits per heavy atom. The van der Waals surface area contributed by atoms with E-state index in [1.165, 1.54) is 0 Å². The molecule has 0 saturated heterocycles. The van der Waals surface area contributed by atoms with E-state index < -0.39 is 0 Å². The van der Waals surface area contributed by atoms with Gasteiger partial charge in [0.1, 0.15) is 5.75 Å². The number of aryl methyl sites for hydroxylation is 1. The Morgan fingerprint density at radius 2 is 1.59 bits per heavy atom. The Balaban J connectivity index is 1.71. The summed E-state index contributed by atoms with van der Waals surface area (Å²) in [6.45, 7) is 6.27. The molecule has 2 rings (SSSR count). The Bertz CT molecular complexity index is 758. The largest absolute Gasteiger partial charge is 0.493 e. The summed E-state index contributed by atoms with van der Waals surface area (Å²) in [5.74, 6) is 0.782. The van der Waals surface area contributed by atoms with Crippen LogP contribution in [0.1, 0.15) is 32.3 Å². The number of hydrogen-bond donors (Lipinski definition) is 3. The van der Waals surface area contributed by atoms with Gasteiger partial charge in [0.05, 0.1) is 6.61 Å². The molecule has 6 heteroatoms. The van der Waals surface area contributed by atoms with Crippen molar-refractivity contribution in [3.05, 3.63) is 54.1 Å². The van der Waals surface area contributed by atoms with Crippen molar-refractivity contribution in [1.82, 2.24) is 5.32 Å². The normalized spacial score (nSPS) is 10.4. The van der Waals surface area contributed by atoms with E-state index in [1.54, 1.807) is 24.3 Å². The number of anilines is 2. The van der Waals surface area contributed by atoms with E-state index >= 15 is 0 Å². The second kappa shape index (κ2) is 10.2. The smallest absolute Gasteiger partial charge is 0.319 e. The first kappa shape index (κ1) is 20.3. The molecule has 0 saturated carbocycles. The molecule has 27 heavy (non-hydrogen) atoms. The quantitative estimate of drug-likeness (QED) is 0.606. The molecule has 0 fully saturated rings. The van der Waals surface area contributed by atoms with Crippen molar-refractivity contribution in [2.45, 2.75) is 39.7 Å². The molecule has 3 amide bonds. The van der Waals surface area contributed by atoms with Crippen molar-refractivity contribution in [3.8, 4) is 5.75 Å². The van der Waals surface area contributed by atoms with E-state index in [2.05, 4.69) is 16.0 Å². The molecule has 2 aromatic rings. The first-order chi connectivity index (χ1) is 12.9. The van der Waals surface area contributed by atoms with E-state index in [-0.39, 0.29) is 18.0 Å². The van der Waals surface area contributed by atoms with Gasteiger partial charge in [0.15, 0.2) is 0 Å². The first-order valence-electron chi connectivity index (χ1n) is 9.10. The summed E-state index contributed by atoms with van der Waals surface area (Å²) in [7, 11) is 0. The van der Waals surface area contributed by atoms with Crippen molar-refractivity contribution in [3.63, 3.8) is 0 Å². The van der Waals surface area contributed by atoms with Gasteiger partial charge in [-0.2, -0.15) is 0 Å². The Morgan fingerprint density at radius 1 is 0.963 bits per heavy atom. The summed E-state index contributed by atoms with van der Waals surface area (Å²) in [4.78, 5) is 23.7. The third kappa shape index (κ3) is 7.40. The minimum absolute atomic E-state index is 0.0679. The van der Waals surface area contributed by atoms with Crippen LogP contribution in [0.15, 0.2) is 48.5 Å². The van der Waals surface area contributed by atoms with Gasteiger partial charge in [-0.3, -0.25) is 4.79 Å². The topological polar surface area (TPSA) is 79.5 Å². The molecule has 0 aliphatic carbocycles. The van der Waals surface area contributed by atoms with Crippen molar-refractivity contribution in [2.24, 2.45) is 0 Å². The predicted octanol–water partition coefficient (Wildman–Crippen LogP) is 4.32. The number of benzene rings is 2. The average molecular weight is 369 g/mol. The summed E-state index contributed by atoms with van der Waals surface area (Å²) in [5.41, 5.74) is 2.44. The highest BCUT2D eigenvalue weighted by molar-refractivity contribution is 5.92. The summed E-state index contributed by atoms with van der Waals surface area (Å²) in [6, 6.07) is 14.6. The van der Waals surface area contributed by atoms with E-state index in [0.717, 1.165) is 11.3 Å². The summed E-state index contributed by atoms with van der Waals surface area (Å²) < 4.78 is 5.69. The molecule has 0 heterocycles. The molecule has 3 N–H and O–H groups in total. The molecule has 0 atom stereocenters. The fourth-order valence-electron chi connectivity index (χ4n) is 2.42. The lowest BCUT2D eigenvalue weighted by atomic mass is 10.2. The molecule has 0 aliphatic heterocycles. The Labute approximate surface area is 160 Å². The van der Waals surface area contributed by atoms with Gasteiger partial charge in [0.2, 0.25) is 5.91 Å². The second-order valence-corrected chi connectivity index (χ2v) is 6.60. The lowest BCUT2D eigenvalue weighted by Gasteiger charge is -2.11. The zero-order valence-electron chi connectivity index (χ0n) is 16.0. The lowest BCUT2D eigenvalue weighted by Crippen LogP contribution is -2.34. The van der Waals surface area contributed by atoms with Crippen molar-refractivity contribution >= 4 is 23.3 Å². The number of nitrogens with one attached hydrogen (secondary N) is 3. The molecule has 2 aromatic carbocycles. The number of para-hydroxylation sites is 1. The number of rotatable bonds is 8. The molecular weight excluding hydrogens is 342 g/mol. The van der Waals surface area contributed by atoms with Crippen molar-refractivity contribution < 1.29 is 14.3 Å². The van der Waals surface area contributed by atoms with Gasteiger partial charge < -0.3 is 20.7 Å². The molecule has 0 unspecified atom stereocenters. The van der Waals surface area contributed by atoms with E-state index in [4.69, 9.17) is 4.74 Å². The van der Waals surface area contributed by atoms with Gasteiger partial charge in [-0.1, -0.05) is 18.2 Å². The first-order valence-corrected chi connectivity index (χ1v) is 9.10.